The first-order valence-corrected chi connectivity index (χ1v) is 7.87. The monoisotopic (exact) mass is 242 g/mol. The Morgan fingerprint density at radius 3 is 2.12 bits per heavy atom. The van der Waals surface area contributed by atoms with Crippen molar-refractivity contribution in [2.45, 2.75) is 79.1 Å². The molecule has 0 bridgehead atoms. The van der Waals surface area contributed by atoms with Crippen LogP contribution >= 0.6 is 0 Å². The van der Waals surface area contributed by atoms with E-state index in [0.29, 0.717) is 0 Å². The van der Waals surface area contributed by atoms with Gasteiger partial charge in [0.1, 0.15) is 0 Å². The summed E-state index contributed by atoms with van der Waals surface area (Å²) in [6, 6.07) is 0. The van der Waals surface area contributed by atoms with Gasteiger partial charge in [0, 0.05) is 13.2 Å². The van der Waals surface area contributed by atoms with Crippen molar-refractivity contribution in [2.75, 3.05) is 13.2 Å². The highest BCUT2D eigenvalue weighted by atomic mass is 16.5. The van der Waals surface area contributed by atoms with Crippen LogP contribution in [0.4, 0.5) is 0 Å². The van der Waals surface area contributed by atoms with E-state index in [1.54, 1.807) is 0 Å². The van der Waals surface area contributed by atoms with Gasteiger partial charge in [-0.05, 0) is 24.7 Å². The Morgan fingerprint density at radius 1 is 0.941 bits per heavy atom. The lowest BCUT2D eigenvalue weighted by Gasteiger charge is -2.21. The summed E-state index contributed by atoms with van der Waals surface area (Å²) < 4.78 is 5.37. The molecule has 1 saturated heterocycles. The van der Waals surface area contributed by atoms with Gasteiger partial charge in [0.2, 0.25) is 0 Å². The minimum atomic E-state index is 0.889. The van der Waals surface area contributed by atoms with Gasteiger partial charge in [0.15, 0.2) is 0 Å². The Bertz CT molecular complexity index is 136. The van der Waals surface area contributed by atoms with E-state index in [9.17, 15) is 0 Å². The smallest absolute Gasteiger partial charge is 0.0468 e. The summed E-state index contributed by atoms with van der Waals surface area (Å²) in [5.74, 6) is 1.87. The van der Waals surface area contributed by atoms with Crippen LogP contribution in [0.1, 0.15) is 79.1 Å². The summed E-state index contributed by atoms with van der Waals surface area (Å²) in [5.41, 5.74) is 0. The minimum absolute atomic E-state index is 0.889. The molecule has 0 spiro atoms. The third kappa shape index (κ3) is 10.8. The molecule has 0 amide bonds. The Labute approximate surface area is 109 Å². The van der Waals surface area contributed by atoms with Crippen LogP contribution in [0.5, 0.6) is 0 Å². The van der Waals surface area contributed by atoms with Gasteiger partial charge in [-0.25, -0.2) is 0 Å². The second-order valence-electron chi connectivity index (χ2n) is 5.44. The number of hydrogen-bond donors (Lipinski definition) is 0. The molecule has 0 aromatic heterocycles. The fourth-order valence-electron chi connectivity index (χ4n) is 2.37. The molecule has 0 saturated carbocycles. The van der Waals surface area contributed by atoms with Crippen LogP contribution in [0, 0.1) is 11.8 Å². The summed E-state index contributed by atoms with van der Waals surface area (Å²) >= 11 is 0. The predicted octanol–water partition coefficient (Wildman–Crippen LogP) is 5.44. The Morgan fingerprint density at radius 2 is 1.53 bits per heavy atom. The SMILES string of the molecule is CC.CC(C)CCCCCCC1CCOCC1. The van der Waals surface area contributed by atoms with E-state index in [1.807, 2.05) is 13.8 Å². The van der Waals surface area contributed by atoms with Crippen molar-refractivity contribution >= 4 is 0 Å². The van der Waals surface area contributed by atoms with Crippen LogP contribution in [0.15, 0.2) is 0 Å². The molecule has 0 atom stereocenters. The van der Waals surface area contributed by atoms with Crippen molar-refractivity contribution in [3.05, 3.63) is 0 Å². The van der Waals surface area contributed by atoms with E-state index < -0.39 is 0 Å². The van der Waals surface area contributed by atoms with Crippen molar-refractivity contribution < 1.29 is 4.74 Å². The number of hydrogen-bond acceptors (Lipinski definition) is 1. The summed E-state index contributed by atoms with van der Waals surface area (Å²) in [6.07, 6.45) is 11.3. The van der Waals surface area contributed by atoms with Crippen molar-refractivity contribution in [2.24, 2.45) is 11.8 Å². The van der Waals surface area contributed by atoms with E-state index in [4.69, 9.17) is 4.74 Å². The molecule has 0 aliphatic carbocycles. The van der Waals surface area contributed by atoms with Crippen LogP contribution in [-0.2, 0) is 4.74 Å². The molecule has 0 radical (unpaired) electrons. The lowest BCUT2D eigenvalue weighted by molar-refractivity contribution is 0.0631. The zero-order valence-electron chi connectivity index (χ0n) is 12.6. The fourth-order valence-corrected chi connectivity index (χ4v) is 2.37. The lowest BCUT2D eigenvalue weighted by Crippen LogP contribution is -2.15. The zero-order valence-corrected chi connectivity index (χ0v) is 12.6. The summed E-state index contributed by atoms with van der Waals surface area (Å²) in [6.45, 7) is 10.7. The molecule has 1 heteroatoms. The zero-order chi connectivity index (χ0) is 12.9. The first-order valence-electron chi connectivity index (χ1n) is 7.87. The molecule has 0 aromatic carbocycles. The van der Waals surface area contributed by atoms with E-state index in [2.05, 4.69) is 13.8 Å². The maximum Gasteiger partial charge on any atom is 0.0468 e. The molecular formula is C16H34O. The first-order chi connectivity index (χ1) is 8.29. The third-order valence-electron chi connectivity index (χ3n) is 3.48. The highest BCUT2D eigenvalue weighted by molar-refractivity contribution is 4.63. The average Bonchev–Trinajstić information content (AvgIpc) is 2.37. The number of unbranched alkanes of at least 4 members (excludes halogenated alkanes) is 3. The maximum atomic E-state index is 5.37. The topological polar surface area (TPSA) is 9.23 Å². The Kier molecular flexibility index (Phi) is 12.4. The Hall–Kier alpha value is -0.0400. The highest BCUT2D eigenvalue weighted by Crippen LogP contribution is 2.21. The van der Waals surface area contributed by atoms with Gasteiger partial charge in [-0.3, -0.25) is 0 Å². The normalized spacial score (nSPS) is 16.8. The summed E-state index contributed by atoms with van der Waals surface area (Å²) in [5, 5.41) is 0. The third-order valence-corrected chi connectivity index (χ3v) is 3.48. The van der Waals surface area contributed by atoms with Crippen LogP contribution in [0.2, 0.25) is 0 Å². The van der Waals surface area contributed by atoms with Gasteiger partial charge in [-0.2, -0.15) is 0 Å². The lowest BCUT2D eigenvalue weighted by atomic mass is 9.93. The number of rotatable bonds is 7. The van der Waals surface area contributed by atoms with Crippen molar-refractivity contribution in [3.8, 4) is 0 Å². The molecule has 1 fully saturated rings. The van der Waals surface area contributed by atoms with Gasteiger partial charge in [0.05, 0.1) is 0 Å². The quantitative estimate of drug-likeness (QED) is 0.540. The van der Waals surface area contributed by atoms with Gasteiger partial charge >= 0.3 is 0 Å². The van der Waals surface area contributed by atoms with E-state index in [0.717, 1.165) is 25.0 Å². The van der Waals surface area contributed by atoms with Gasteiger partial charge in [-0.15, -0.1) is 0 Å². The molecule has 1 nitrogen and oxygen atoms in total. The molecule has 1 rings (SSSR count). The van der Waals surface area contributed by atoms with Crippen LogP contribution in [0.3, 0.4) is 0 Å². The summed E-state index contributed by atoms with van der Waals surface area (Å²) in [4.78, 5) is 0. The molecular weight excluding hydrogens is 208 g/mol. The molecule has 1 aliphatic rings. The molecule has 1 heterocycles. The van der Waals surface area contributed by atoms with Crippen molar-refractivity contribution in [1.29, 1.82) is 0 Å². The van der Waals surface area contributed by atoms with Crippen LogP contribution < -0.4 is 0 Å². The highest BCUT2D eigenvalue weighted by Gasteiger charge is 2.12. The second-order valence-corrected chi connectivity index (χ2v) is 5.44. The van der Waals surface area contributed by atoms with Gasteiger partial charge in [-0.1, -0.05) is 66.2 Å². The first kappa shape index (κ1) is 17.0. The Balaban J connectivity index is 0.00000121. The second kappa shape index (κ2) is 12.4. The fraction of sp³-hybridized carbons (Fsp3) is 1.00. The summed E-state index contributed by atoms with van der Waals surface area (Å²) in [7, 11) is 0. The maximum absolute atomic E-state index is 5.37. The average molecular weight is 242 g/mol. The minimum Gasteiger partial charge on any atom is -0.381 e. The molecule has 17 heavy (non-hydrogen) atoms. The van der Waals surface area contributed by atoms with Crippen LogP contribution in [-0.4, -0.2) is 13.2 Å². The van der Waals surface area contributed by atoms with Crippen molar-refractivity contribution in [1.82, 2.24) is 0 Å². The van der Waals surface area contributed by atoms with Crippen molar-refractivity contribution in [3.63, 3.8) is 0 Å². The van der Waals surface area contributed by atoms with Gasteiger partial charge in [0.25, 0.3) is 0 Å². The standard InChI is InChI=1S/C14H28O.C2H6/c1-13(2)7-5-3-4-6-8-14-9-11-15-12-10-14;1-2/h13-14H,3-12H2,1-2H3;1-2H3. The molecule has 0 N–H and O–H groups in total. The van der Waals surface area contributed by atoms with Gasteiger partial charge < -0.3 is 4.74 Å². The van der Waals surface area contributed by atoms with E-state index >= 15 is 0 Å². The molecule has 1 aliphatic heterocycles. The molecule has 104 valence electrons. The largest absolute Gasteiger partial charge is 0.381 e. The molecule has 0 aromatic rings. The predicted molar refractivity (Wildman–Crippen MR) is 77.4 cm³/mol. The van der Waals surface area contributed by atoms with E-state index in [-0.39, 0.29) is 0 Å². The molecule has 0 unspecified atom stereocenters. The van der Waals surface area contributed by atoms with E-state index in [1.165, 1.54) is 51.4 Å². The van der Waals surface area contributed by atoms with Crippen LogP contribution in [0.25, 0.3) is 0 Å². The number of ether oxygens (including phenoxy) is 1.